The summed E-state index contributed by atoms with van der Waals surface area (Å²) < 4.78 is 13.4. The Morgan fingerprint density at radius 1 is 1.56 bits per heavy atom. The fraction of sp³-hybridized carbons (Fsp3) is 0.333. The van der Waals surface area contributed by atoms with Gasteiger partial charge in [0.15, 0.2) is 0 Å². The van der Waals surface area contributed by atoms with Crippen LogP contribution in [0.4, 0.5) is 4.39 Å². The van der Waals surface area contributed by atoms with Gasteiger partial charge in [-0.15, -0.1) is 0 Å². The highest BCUT2D eigenvalue weighted by Crippen LogP contribution is 2.12. The second-order valence-electron chi connectivity index (χ2n) is 3.68. The number of amides is 1. The molecule has 16 heavy (non-hydrogen) atoms. The summed E-state index contributed by atoms with van der Waals surface area (Å²) in [4.78, 5) is 12.7. The van der Waals surface area contributed by atoms with Crippen molar-refractivity contribution >= 4 is 5.91 Å². The van der Waals surface area contributed by atoms with Gasteiger partial charge in [-0.2, -0.15) is 5.26 Å². The SMILES string of the molecule is Cc1ccc(F)c(CN(C)C(=O)CC#N)c1. The molecule has 1 amide bonds. The molecule has 0 aliphatic heterocycles. The van der Waals surface area contributed by atoms with E-state index in [0.717, 1.165) is 5.56 Å². The highest BCUT2D eigenvalue weighted by molar-refractivity contribution is 5.77. The van der Waals surface area contributed by atoms with Gasteiger partial charge in [0.1, 0.15) is 12.2 Å². The molecular weight excluding hydrogens is 207 g/mol. The predicted octanol–water partition coefficient (Wildman–Crippen LogP) is 2.01. The average Bonchev–Trinajstić information content (AvgIpc) is 2.23. The van der Waals surface area contributed by atoms with E-state index in [2.05, 4.69) is 0 Å². The largest absolute Gasteiger partial charge is 0.340 e. The fourth-order valence-corrected chi connectivity index (χ4v) is 1.37. The Morgan fingerprint density at radius 3 is 2.88 bits per heavy atom. The van der Waals surface area contributed by atoms with Crippen LogP contribution in [0.5, 0.6) is 0 Å². The molecule has 0 atom stereocenters. The Kier molecular flexibility index (Phi) is 4.01. The summed E-state index contributed by atoms with van der Waals surface area (Å²) in [7, 11) is 1.56. The molecule has 0 saturated heterocycles. The van der Waals surface area contributed by atoms with Crippen molar-refractivity contribution in [1.29, 1.82) is 5.26 Å². The first-order valence-corrected chi connectivity index (χ1v) is 4.90. The Morgan fingerprint density at radius 2 is 2.25 bits per heavy atom. The summed E-state index contributed by atoms with van der Waals surface area (Å²) in [6.45, 7) is 2.05. The van der Waals surface area contributed by atoms with Gasteiger partial charge >= 0.3 is 0 Å². The number of carbonyl (C=O) groups excluding carboxylic acids is 1. The van der Waals surface area contributed by atoms with E-state index in [9.17, 15) is 9.18 Å². The van der Waals surface area contributed by atoms with Crippen LogP contribution in [-0.4, -0.2) is 17.9 Å². The lowest BCUT2D eigenvalue weighted by Crippen LogP contribution is -2.25. The van der Waals surface area contributed by atoms with Gasteiger partial charge in [0.25, 0.3) is 0 Å². The molecular formula is C12H13FN2O. The first-order chi connectivity index (χ1) is 7.54. The van der Waals surface area contributed by atoms with Gasteiger partial charge in [0.05, 0.1) is 6.07 Å². The summed E-state index contributed by atoms with van der Waals surface area (Å²) in [5, 5.41) is 8.38. The number of nitriles is 1. The van der Waals surface area contributed by atoms with Crippen LogP contribution in [0.25, 0.3) is 0 Å². The van der Waals surface area contributed by atoms with Gasteiger partial charge < -0.3 is 4.90 Å². The molecule has 0 unspecified atom stereocenters. The van der Waals surface area contributed by atoms with E-state index in [0.29, 0.717) is 5.56 Å². The van der Waals surface area contributed by atoms with Gasteiger partial charge in [-0.25, -0.2) is 4.39 Å². The molecule has 0 fully saturated rings. The molecule has 1 aromatic carbocycles. The number of nitrogens with zero attached hydrogens (tertiary/aromatic N) is 2. The zero-order valence-electron chi connectivity index (χ0n) is 9.33. The number of rotatable bonds is 3. The third-order valence-electron chi connectivity index (χ3n) is 2.26. The van der Waals surface area contributed by atoms with Gasteiger partial charge in [-0.3, -0.25) is 4.79 Å². The van der Waals surface area contributed by atoms with Gasteiger partial charge in [0, 0.05) is 19.2 Å². The quantitative estimate of drug-likeness (QED) is 0.782. The second-order valence-corrected chi connectivity index (χ2v) is 3.68. The van der Waals surface area contributed by atoms with E-state index >= 15 is 0 Å². The average molecular weight is 220 g/mol. The minimum absolute atomic E-state index is 0.177. The molecule has 3 nitrogen and oxygen atoms in total. The fourth-order valence-electron chi connectivity index (χ4n) is 1.37. The number of benzene rings is 1. The van der Waals surface area contributed by atoms with E-state index in [1.807, 2.05) is 6.92 Å². The summed E-state index contributed by atoms with van der Waals surface area (Å²) >= 11 is 0. The zero-order chi connectivity index (χ0) is 12.1. The Hall–Kier alpha value is -1.89. The van der Waals surface area contributed by atoms with Crippen LogP contribution >= 0.6 is 0 Å². The van der Waals surface area contributed by atoms with Crippen molar-refractivity contribution in [3.05, 3.63) is 35.1 Å². The molecule has 1 rings (SSSR count). The van der Waals surface area contributed by atoms with E-state index in [4.69, 9.17) is 5.26 Å². The molecule has 4 heteroatoms. The number of aryl methyl sites for hydroxylation is 1. The molecule has 0 heterocycles. The molecule has 0 radical (unpaired) electrons. The third kappa shape index (κ3) is 3.06. The van der Waals surface area contributed by atoms with Crippen LogP contribution < -0.4 is 0 Å². The summed E-state index contributed by atoms with van der Waals surface area (Å²) in [6, 6.07) is 6.53. The minimum atomic E-state index is -0.331. The maximum absolute atomic E-state index is 13.4. The van der Waals surface area contributed by atoms with Crippen molar-refractivity contribution in [2.75, 3.05) is 7.05 Å². The lowest BCUT2D eigenvalue weighted by atomic mass is 10.1. The van der Waals surface area contributed by atoms with Crippen LogP contribution in [0.1, 0.15) is 17.5 Å². The number of hydrogen-bond donors (Lipinski definition) is 0. The van der Waals surface area contributed by atoms with Crippen LogP contribution in [0.2, 0.25) is 0 Å². The second kappa shape index (κ2) is 5.26. The highest BCUT2D eigenvalue weighted by atomic mass is 19.1. The lowest BCUT2D eigenvalue weighted by Gasteiger charge is -2.16. The first kappa shape index (κ1) is 12.2. The Labute approximate surface area is 94.1 Å². The van der Waals surface area contributed by atoms with E-state index < -0.39 is 0 Å². The maximum Gasteiger partial charge on any atom is 0.236 e. The van der Waals surface area contributed by atoms with Crippen molar-refractivity contribution in [2.45, 2.75) is 19.9 Å². The van der Waals surface area contributed by atoms with Crippen LogP contribution in [0.3, 0.4) is 0 Å². The number of carbonyl (C=O) groups is 1. The van der Waals surface area contributed by atoms with Crippen molar-refractivity contribution in [3.8, 4) is 6.07 Å². The van der Waals surface area contributed by atoms with Crippen molar-refractivity contribution in [2.24, 2.45) is 0 Å². The first-order valence-electron chi connectivity index (χ1n) is 4.90. The molecule has 0 aliphatic rings. The summed E-state index contributed by atoms with van der Waals surface area (Å²) in [5.41, 5.74) is 1.41. The molecule has 84 valence electrons. The lowest BCUT2D eigenvalue weighted by molar-refractivity contribution is -0.129. The van der Waals surface area contributed by atoms with Crippen LogP contribution in [0.15, 0.2) is 18.2 Å². The van der Waals surface area contributed by atoms with Gasteiger partial charge in [0.2, 0.25) is 5.91 Å². The van der Waals surface area contributed by atoms with Crippen LogP contribution in [-0.2, 0) is 11.3 Å². The molecule has 0 spiro atoms. The van der Waals surface area contributed by atoms with Gasteiger partial charge in [-0.1, -0.05) is 17.7 Å². The summed E-state index contributed by atoms with van der Waals surface area (Å²) in [6.07, 6.45) is -0.177. The Balaban J connectivity index is 2.77. The normalized spacial score (nSPS) is 9.62. The van der Waals surface area contributed by atoms with Crippen molar-refractivity contribution in [1.82, 2.24) is 4.90 Å². The van der Waals surface area contributed by atoms with E-state index in [1.165, 1.54) is 11.0 Å². The van der Waals surface area contributed by atoms with Crippen molar-refractivity contribution in [3.63, 3.8) is 0 Å². The van der Waals surface area contributed by atoms with Crippen molar-refractivity contribution < 1.29 is 9.18 Å². The number of halogens is 1. The predicted molar refractivity (Wildman–Crippen MR) is 57.8 cm³/mol. The minimum Gasteiger partial charge on any atom is -0.340 e. The topological polar surface area (TPSA) is 44.1 Å². The molecule has 0 saturated carbocycles. The standard InChI is InChI=1S/C12H13FN2O/c1-9-3-4-11(13)10(7-9)8-15(2)12(16)5-6-14/h3-4,7H,5,8H2,1-2H3. The molecule has 0 bridgehead atoms. The molecule has 0 aromatic heterocycles. The van der Waals surface area contributed by atoms with E-state index in [1.54, 1.807) is 25.2 Å². The van der Waals surface area contributed by atoms with E-state index in [-0.39, 0.29) is 24.7 Å². The maximum atomic E-state index is 13.4. The smallest absolute Gasteiger partial charge is 0.236 e. The monoisotopic (exact) mass is 220 g/mol. The number of hydrogen-bond acceptors (Lipinski definition) is 2. The van der Waals surface area contributed by atoms with Gasteiger partial charge in [-0.05, 0) is 13.0 Å². The third-order valence-corrected chi connectivity index (χ3v) is 2.26. The molecule has 0 N–H and O–H groups in total. The Bertz CT molecular complexity index is 437. The highest BCUT2D eigenvalue weighted by Gasteiger charge is 2.11. The zero-order valence-corrected chi connectivity index (χ0v) is 9.33. The molecule has 0 aliphatic carbocycles. The molecule has 1 aromatic rings. The summed E-state index contributed by atoms with van der Waals surface area (Å²) in [5.74, 6) is -0.634. The van der Waals surface area contributed by atoms with Crippen LogP contribution in [0, 0.1) is 24.1 Å².